The molecule has 0 aromatic carbocycles. The largest absolute Gasteiger partial charge is 0.537 e. The first-order valence-electron chi connectivity index (χ1n) is 2.09. The fourth-order valence-electron chi connectivity index (χ4n) is 0.196. The Morgan fingerprint density at radius 1 is 1.75 bits per heavy atom. The fraction of sp³-hybridized carbons (Fsp3) is 0.500. The Balaban J connectivity index is 0. The molecule has 8 heavy (non-hydrogen) atoms. The molecule has 1 N–H and O–H groups in total. The summed E-state index contributed by atoms with van der Waals surface area (Å²) in [5, 5.41) is 0. The maximum atomic E-state index is 9.82. The molecule has 0 aliphatic heterocycles. The molecule has 0 fully saturated rings. The Kier molecular flexibility index (Phi) is 10.6. The van der Waals surface area contributed by atoms with Crippen LogP contribution in [0.3, 0.4) is 0 Å². The van der Waals surface area contributed by atoms with Crippen LogP contribution in [-0.2, 0) is 26.3 Å². The molecule has 0 aromatic heterocycles. The summed E-state index contributed by atoms with van der Waals surface area (Å²) in [6.45, 7) is 1.91. The molecule has 0 saturated carbocycles. The monoisotopic (exact) mass is 167 g/mol. The van der Waals surface area contributed by atoms with Gasteiger partial charge in [-0.05, 0) is 17.1 Å². The van der Waals surface area contributed by atoms with Crippen molar-refractivity contribution in [2.45, 2.75) is 13.3 Å². The molecule has 0 aliphatic carbocycles. The summed E-state index contributed by atoms with van der Waals surface area (Å²) >= 11 is 0. The molecule has 0 amide bonds. The van der Waals surface area contributed by atoms with Crippen LogP contribution in [0.15, 0.2) is 11.9 Å². The minimum absolute atomic E-state index is 0. The van der Waals surface area contributed by atoms with E-state index >= 15 is 0 Å². The zero-order valence-electron chi connectivity index (χ0n) is 4.66. The van der Waals surface area contributed by atoms with E-state index in [-0.39, 0.29) is 21.7 Å². The Bertz CT molecular complexity index is 92.0. The molecule has 0 saturated heterocycles. The summed E-state index contributed by atoms with van der Waals surface area (Å²) < 4.78 is 9.82. The van der Waals surface area contributed by atoms with Crippen LogP contribution in [0.25, 0.3) is 0 Å². The number of hydrogen-bond donors (Lipinski definition) is 1. The van der Waals surface area contributed by atoms with Gasteiger partial charge < -0.3 is 0 Å². The van der Waals surface area contributed by atoms with Crippen molar-refractivity contribution in [3.05, 3.63) is 11.9 Å². The van der Waals surface area contributed by atoms with E-state index in [2.05, 4.69) is 0 Å². The predicted molar refractivity (Wildman–Crippen MR) is 29.3 cm³/mol. The molecule has 0 rings (SSSR count). The summed E-state index contributed by atoms with van der Waals surface area (Å²) in [6.07, 6.45) is 2.49. The molecular weight excluding hydrogens is 159 g/mol. The third kappa shape index (κ3) is 9.72. The van der Waals surface area contributed by atoms with Crippen molar-refractivity contribution in [1.82, 2.24) is 0 Å². The second kappa shape index (κ2) is 7.51. The summed E-state index contributed by atoms with van der Waals surface area (Å²) in [6, 6.07) is 0. The summed E-state index contributed by atoms with van der Waals surface area (Å²) in [5.41, 5.74) is 0. The Morgan fingerprint density at radius 3 is 2.38 bits per heavy atom. The van der Waals surface area contributed by atoms with Crippen LogP contribution in [0.2, 0.25) is 0 Å². The molecule has 0 spiro atoms. The zero-order chi connectivity index (χ0) is 5.70. The van der Waals surface area contributed by atoms with Crippen molar-refractivity contribution in [2.75, 3.05) is 0 Å². The SMILES string of the molecule is CCC=C[P+](=O)O.[Ti]. The summed E-state index contributed by atoms with van der Waals surface area (Å²) in [4.78, 5) is 8.11. The van der Waals surface area contributed by atoms with Gasteiger partial charge in [0, 0.05) is 21.7 Å². The first-order chi connectivity index (χ1) is 3.27. The molecule has 0 bridgehead atoms. The van der Waals surface area contributed by atoms with Crippen molar-refractivity contribution in [1.29, 1.82) is 0 Å². The third-order valence-corrected chi connectivity index (χ3v) is 0.935. The molecule has 0 heterocycles. The molecule has 2 nitrogen and oxygen atoms in total. The van der Waals surface area contributed by atoms with Gasteiger partial charge in [0.2, 0.25) is 0 Å². The van der Waals surface area contributed by atoms with Crippen LogP contribution >= 0.6 is 8.03 Å². The second-order valence-electron chi connectivity index (χ2n) is 1.10. The van der Waals surface area contributed by atoms with Gasteiger partial charge in [-0.25, -0.2) is 0 Å². The molecule has 0 aliphatic rings. The van der Waals surface area contributed by atoms with Gasteiger partial charge in [0.15, 0.2) is 5.82 Å². The predicted octanol–water partition coefficient (Wildman–Crippen LogP) is 1.64. The quantitative estimate of drug-likeness (QED) is 0.501. The maximum absolute atomic E-state index is 9.82. The van der Waals surface area contributed by atoms with Gasteiger partial charge in [-0.2, -0.15) is 4.89 Å². The van der Waals surface area contributed by atoms with E-state index in [9.17, 15) is 4.57 Å². The van der Waals surface area contributed by atoms with Gasteiger partial charge in [0.25, 0.3) is 0 Å². The summed E-state index contributed by atoms with van der Waals surface area (Å²) in [7, 11) is -2.04. The number of rotatable bonds is 2. The average molecular weight is 167 g/mol. The Morgan fingerprint density at radius 2 is 2.25 bits per heavy atom. The van der Waals surface area contributed by atoms with Crippen LogP contribution in [0.5, 0.6) is 0 Å². The average Bonchev–Trinajstić information content (AvgIpc) is 1.61. The van der Waals surface area contributed by atoms with E-state index < -0.39 is 8.03 Å². The van der Waals surface area contributed by atoms with Crippen molar-refractivity contribution < 1.29 is 31.2 Å². The molecule has 44 valence electrons. The van der Waals surface area contributed by atoms with Crippen LogP contribution in [0.4, 0.5) is 0 Å². The third-order valence-electron chi connectivity index (χ3n) is 0.469. The van der Waals surface area contributed by atoms with Crippen molar-refractivity contribution in [3.63, 3.8) is 0 Å². The van der Waals surface area contributed by atoms with Gasteiger partial charge >= 0.3 is 8.03 Å². The summed E-state index contributed by atoms with van der Waals surface area (Å²) in [5.74, 6) is 1.29. The van der Waals surface area contributed by atoms with Crippen LogP contribution in [-0.4, -0.2) is 4.89 Å². The van der Waals surface area contributed by atoms with Gasteiger partial charge in [0.1, 0.15) is 0 Å². The van der Waals surface area contributed by atoms with Crippen LogP contribution < -0.4 is 0 Å². The molecule has 1 atom stereocenters. The normalized spacial score (nSPS) is 11.0. The van der Waals surface area contributed by atoms with Crippen LogP contribution in [0.1, 0.15) is 13.3 Å². The number of hydrogen-bond acceptors (Lipinski definition) is 1. The zero-order valence-corrected chi connectivity index (χ0v) is 7.12. The van der Waals surface area contributed by atoms with Crippen LogP contribution in [0, 0.1) is 0 Å². The number of allylic oxidation sites excluding steroid dienone is 1. The maximum Gasteiger partial charge on any atom is 0.537 e. The van der Waals surface area contributed by atoms with E-state index in [1.807, 2.05) is 6.92 Å². The van der Waals surface area contributed by atoms with E-state index in [4.69, 9.17) is 4.89 Å². The Hall–Kier alpha value is 0.514. The van der Waals surface area contributed by atoms with Crippen molar-refractivity contribution in [3.8, 4) is 0 Å². The fourth-order valence-corrected chi connectivity index (χ4v) is 0.587. The second-order valence-corrected chi connectivity index (χ2v) is 2.00. The molecule has 0 aromatic rings. The van der Waals surface area contributed by atoms with E-state index in [1.165, 1.54) is 5.82 Å². The van der Waals surface area contributed by atoms with E-state index in [0.717, 1.165) is 6.42 Å². The van der Waals surface area contributed by atoms with Gasteiger partial charge in [-0.3, -0.25) is 0 Å². The molecule has 1 unspecified atom stereocenters. The first kappa shape index (κ1) is 11.3. The minimum Gasteiger partial charge on any atom is -0.157 e. The molecular formula is C4H8O2PTi+. The minimum atomic E-state index is -2.04. The first-order valence-corrected chi connectivity index (χ1v) is 3.37. The van der Waals surface area contributed by atoms with Gasteiger partial charge in [-0.15, -0.1) is 0 Å². The topological polar surface area (TPSA) is 37.3 Å². The van der Waals surface area contributed by atoms with E-state index in [1.54, 1.807) is 6.08 Å². The van der Waals surface area contributed by atoms with Gasteiger partial charge in [0.05, 0.1) is 0 Å². The smallest absolute Gasteiger partial charge is 0.157 e. The van der Waals surface area contributed by atoms with Crippen molar-refractivity contribution in [2.24, 2.45) is 0 Å². The standard InChI is InChI=1S/C4H7O2P.Ti/c1-2-3-4-7(5)6;/h3-4H,2H2,1H3;/p+1. The van der Waals surface area contributed by atoms with Crippen molar-refractivity contribution >= 4 is 8.03 Å². The van der Waals surface area contributed by atoms with E-state index in [0.29, 0.717) is 0 Å². The molecule has 0 radical (unpaired) electrons. The van der Waals surface area contributed by atoms with Gasteiger partial charge in [-0.1, -0.05) is 6.92 Å². The molecule has 4 heteroatoms. The Labute approximate surface area is 64.7 Å².